The summed E-state index contributed by atoms with van der Waals surface area (Å²) >= 11 is 0. The molecule has 3 aliphatic heterocycles. The van der Waals surface area contributed by atoms with E-state index in [0.717, 1.165) is 44.9 Å². The van der Waals surface area contributed by atoms with Gasteiger partial charge in [0.1, 0.15) is 73.2 Å². The zero-order chi connectivity index (χ0) is 68.2. The molecule has 19 nitrogen and oxygen atoms in total. The van der Waals surface area contributed by atoms with Gasteiger partial charge in [0.25, 0.3) is 0 Å². The average Bonchev–Trinajstić information content (AvgIpc) is 0.787. The third-order valence-electron chi connectivity index (χ3n) is 18.8. The first-order chi connectivity index (χ1) is 45.8. The van der Waals surface area contributed by atoms with Gasteiger partial charge in [0, 0.05) is 6.42 Å². The molecule has 0 radical (unpaired) electrons. The average molecular weight is 1340 g/mol. The Morgan fingerprint density at radius 2 is 0.713 bits per heavy atom. The molecular weight excluding hydrogens is 1200 g/mol. The van der Waals surface area contributed by atoms with Crippen LogP contribution in [0.3, 0.4) is 0 Å². The highest BCUT2D eigenvalue weighted by atomic mass is 16.8. The lowest BCUT2D eigenvalue weighted by atomic mass is 9.96. The molecule has 3 saturated heterocycles. The van der Waals surface area contributed by atoms with Gasteiger partial charge in [-0.1, -0.05) is 268 Å². The summed E-state index contributed by atoms with van der Waals surface area (Å²) in [5.41, 5.74) is 0. The van der Waals surface area contributed by atoms with E-state index in [0.29, 0.717) is 12.8 Å². The summed E-state index contributed by atoms with van der Waals surface area (Å²) in [5, 5.41) is 121. The minimum absolute atomic E-state index is 0.238. The Morgan fingerprint density at radius 1 is 0.383 bits per heavy atom. The molecule has 3 aliphatic rings. The largest absolute Gasteiger partial charge is 0.394 e. The fourth-order valence-electron chi connectivity index (χ4n) is 12.7. The second-order valence-corrected chi connectivity index (χ2v) is 27.1. The van der Waals surface area contributed by atoms with Crippen LogP contribution in [0.1, 0.15) is 290 Å². The predicted octanol–water partition coefficient (Wildman–Crippen LogP) is 11.3. The molecule has 19 heteroatoms. The van der Waals surface area contributed by atoms with Crippen molar-refractivity contribution >= 4 is 5.91 Å². The van der Waals surface area contributed by atoms with Crippen LogP contribution in [0.25, 0.3) is 0 Å². The van der Waals surface area contributed by atoms with Crippen LogP contribution in [-0.4, -0.2) is 193 Å². The predicted molar refractivity (Wildman–Crippen MR) is 369 cm³/mol. The molecule has 3 rings (SSSR count). The first-order valence-corrected chi connectivity index (χ1v) is 37.9. The number of allylic oxidation sites excluding steroid dienone is 7. The Labute approximate surface area is 567 Å². The van der Waals surface area contributed by atoms with Gasteiger partial charge in [-0.15, -0.1) is 0 Å². The normalized spacial score (nSPS) is 27.6. The van der Waals surface area contributed by atoms with Crippen molar-refractivity contribution in [3.63, 3.8) is 0 Å². The number of aliphatic hydroxyl groups is 11. The van der Waals surface area contributed by atoms with Gasteiger partial charge < -0.3 is 89.9 Å². The molecule has 94 heavy (non-hydrogen) atoms. The first kappa shape index (κ1) is 86.0. The van der Waals surface area contributed by atoms with Crippen LogP contribution >= 0.6 is 0 Å². The van der Waals surface area contributed by atoms with Gasteiger partial charge in [0.05, 0.1) is 38.6 Å². The quantitative estimate of drug-likeness (QED) is 0.0199. The molecule has 1 amide bonds. The monoisotopic (exact) mass is 1340 g/mol. The van der Waals surface area contributed by atoms with E-state index in [2.05, 4.69) is 55.6 Å². The van der Waals surface area contributed by atoms with E-state index in [1.165, 1.54) is 212 Å². The zero-order valence-corrected chi connectivity index (χ0v) is 58.4. The van der Waals surface area contributed by atoms with Crippen molar-refractivity contribution in [3.05, 3.63) is 48.6 Å². The highest BCUT2D eigenvalue weighted by Crippen LogP contribution is 2.33. The Bertz CT molecular complexity index is 1890. The van der Waals surface area contributed by atoms with Crippen molar-refractivity contribution in [1.82, 2.24) is 5.32 Å². The van der Waals surface area contributed by atoms with E-state index in [1.807, 2.05) is 6.08 Å². The molecule has 12 N–H and O–H groups in total. The molecule has 0 aromatic heterocycles. The summed E-state index contributed by atoms with van der Waals surface area (Å²) in [6, 6.07) is -0.989. The Balaban J connectivity index is 1.36. The molecule has 0 bridgehead atoms. The SMILES string of the molecule is CCCCCCC/C=C\C/C=C\CCCCCCCCCCCCCCCCCCCCCCCC(=O)NC(COC1OC(CO)C(OC2OC(CO)C(OC3OC(CO)C(O)C(O)C3O)C(O)C2O)C(O)C1O)C(O)/C=C/CC/C=C/CCCCCCCCCCCC. The molecule has 0 aromatic rings. The van der Waals surface area contributed by atoms with Crippen LogP contribution < -0.4 is 5.32 Å². The maximum Gasteiger partial charge on any atom is 0.220 e. The van der Waals surface area contributed by atoms with Gasteiger partial charge in [-0.25, -0.2) is 0 Å². The number of carbonyl (C=O) groups excluding carboxylic acids is 1. The number of unbranched alkanes of at least 4 members (excludes halogenated alkanes) is 37. The summed E-state index contributed by atoms with van der Waals surface area (Å²) in [5.74, 6) is -0.282. The maximum absolute atomic E-state index is 13.4. The van der Waals surface area contributed by atoms with Crippen molar-refractivity contribution in [2.75, 3.05) is 26.4 Å². The van der Waals surface area contributed by atoms with Gasteiger partial charge in [-0.3, -0.25) is 4.79 Å². The van der Waals surface area contributed by atoms with Crippen molar-refractivity contribution in [3.8, 4) is 0 Å². The zero-order valence-electron chi connectivity index (χ0n) is 58.4. The number of amides is 1. The molecule has 550 valence electrons. The second-order valence-electron chi connectivity index (χ2n) is 27.1. The van der Waals surface area contributed by atoms with Crippen molar-refractivity contribution < 1.29 is 89.4 Å². The van der Waals surface area contributed by atoms with Crippen LogP contribution in [0.4, 0.5) is 0 Å². The van der Waals surface area contributed by atoms with Gasteiger partial charge in [-0.05, 0) is 64.2 Å². The lowest BCUT2D eigenvalue weighted by Crippen LogP contribution is -2.66. The van der Waals surface area contributed by atoms with Crippen LogP contribution in [0, 0.1) is 0 Å². The van der Waals surface area contributed by atoms with E-state index in [4.69, 9.17) is 28.4 Å². The molecule has 0 aromatic carbocycles. The first-order valence-electron chi connectivity index (χ1n) is 37.9. The summed E-state index contributed by atoms with van der Waals surface area (Å²) in [7, 11) is 0. The Morgan fingerprint density at radius 3 is 1.13 bits per heavy atom. The second kappa shape index (κ2) is 56.5. The number of carbonyl (C=O) groups is 1. The maximum atomic E-state index is 13.4. The van der Waals surface area contributed by atoms with E-state index < -0.39 is 124 Å². The van der Waals surface area contributed by atoms with E-state index in [1.54, 1.807) is 6.08 Å². The van der Waals surface area contributed by atoms with E-state index in [-0.39, 0.29) is 18.9 Å². The minimum atomic E-state index is -1.98. The number of hydrogen-bond donors (Lipinski definition) is 12. The number of hydrogen-bond acceptors (Lipinski definition) is 18. The summed E-state index contributed by atoms with van der Waals surface area (Å²) < 4.78 is 34.4. The van der Waals surface area contributed by atoms with Crippen molar-refractivity contribution in [2.45, 2.75) is 394 Å². The van der Waals surface area contributed by atoms with Gasteiger partial charge in [0.15, 0.2) is 18.9 Å². The topological polar surface area (TPSA) is 307 Å². The van der Waals surface area contributed by atoms with Crippen LogP contribution in [0.5, 0.6) is 0 Å². The highest BCUT2D eigenvalue weighted by Gasteiger charge is 2.53. The molecule has 0 aliphatic carbocycles. The number of aliphatic hydroxyl groups excluding tert-OH is 11. The molecular formula is C75H137NO18. The van der Waals surface area contributed by atoms with Gasteiger partial charge in [-0.2, -0.15) is 0 Å². The third-order valence-corrected chi connectivity index (χ3v) is 18.8. The van der Waals surface area contributed by atoms with Crippen LogP contribution in [-0.2, 0) is 33.2 Å². The number of ether oxygens (including phenoxy) is 6. The van der Waals surface area contributed by atoms with Gasteiger partial charge >= 0.3 is 0 Å². The van der Waals surface area contributed by atoms with E-state index >= 15 is 0 Å². The van der Waals surface area contributed by atoms with Crippen molar-refractivity contribution in [1.29, 1.82) is 0 Å². The number of rotatable bonds is 59. The lowest BCUT2D eigenvalue weighted by Gasteiger charge is -2.48. The van der Waals surface area contributed by atoms with Crippen LogP contribution in [0.2, 0.25) is 0 Å². The molecule has 3 fully saturated rings. The molecule has 17 unspecified atom stereocenters. The smallest absolute Gasteiger partial charge is 0.220 e. The van der Waals surface area contributed by atoms with Gasteiger partial charge in [0.2, 0.25) is 5.91 Å². The molecule has 17 atom stereocenters. The fraction of sp³-hybridized carbons (Fsp3) is 0.880. The molecule has 0 spiro atoms. The van der Waals surface area contributed by atoms with Crippen LogP contribution in [0.15, 0.2) is 48.6 Å². The third kappa shape index (κ3) is 37.3. The summed E-state index contributed by atoms with van der Waals surface area (Å²) in [6.07, 6.45) is 42.5. The van der Waals surface area contributed by atoms with Crippen molar-refractivity contribution in [2.24, 2.45) is 0 Å². The molecule has 3 heterocycles. The standard InChI is InChI=1S/C75H137NO18/c1-3-5-7-9-11-13-15-17-19-21-22-23-24-25-26-27-28-29-30-31-32-33-34-35-36-37-39-41-43-45-47-49-51-53-63(81)76-58(59(80)52-50-48-46-44-42-40-38-20-18-16-14-12-10-8-6-4-2)57-89-73-69(87)66(84)71(61(55-78)91-73)94-75-70(88)67(85)72(62(56-79)92-75)93-74-68(86)65(83)64(82)60(54-77)90-74/h15,17,21-22,42,44,50,52,58-62,64-75,77-80,82-88H,3-14,16,18-20,23-41,43,45-49,51,53-57H2,1-2H3,(H,76,81)/b17-15-,22-21-,44-42+,52-50+. The molecule has 0 saturated carbocycles. The van der Waals surface area contributed by atoms with E-state index in [9.17, 15) is 61.0 Å². The lowest BCUT2D eigenvalue weighted by molar-refractivity contribution is -0.379. The number of nitrogens with one attached hydrogen (secondary N) is 1. The fourth-order valence-corrected chi connectivity index (χ4v) is 12.7. The summed E-state index contributed by atoms with van der Waals surface area (Å²) in [4.78, 5) is 13.4. The Kier molecular flexibility index (Phi) is 51.7. The summed E-state index contributed by atoms with van der Waals surface area (Å²) in [6.45, 7) is 1.72. The highest BCUT2D eigenvalue weighted by molar-refractivity contribution is 5.76. The Hall–Kier alpha value is -2.25. The minimum Gasteiger partial charge on any atom is -0.394 e.